The van der Waals surface area contributed by atoms with E-state index in [4.69, 9.17) is 21.6 Å². The Morgan fingerprint density at radius 3 is 2.53 bits per heavy atom. The van der Waals surface area contributed by atoms with E-state index in [0.29, 0.717) is 23.1 Å². The predicted octanol–water partition coefficient (Wildman–Crippen LogP) is 6.46. The fourth-order valence-electron chi connectivity index (χ4n) is 3.57. The highest BCUT2D eigenvalue weighted by Gasteiger charge is 2.25. The standard InChI is InChI=1S/C30H39ClN5/c1-10-25(19-36(9)11-2)17-32-23(7)29-24(8)35-28(34-22(6)14-12-20(3)4)18-33-30(29)26-15-13-21(5)16-27(26)31/h10,12-16,18-19,30,32H,3,6-7,11,17H2,1-2,4-5,8-9H3,(H,34,35)/q+1/b14-12-,25-10-,36-19?. The molecule has 1 unspecified atom stereocenters. The molecule has 0 fully saturated rings. The van der Waals surface area contributed by atoms with Crippen LogP contribution in [-0.4, -0.2) is 43.0 Å². The molecule has 1 atom stereocenters. The van der Waals surface area contributed by atoms with E-state index < -0.39 is 0 Å². The van der Waals surface area contributed by atoms with Crippen LogP contribution in [-0.2, 0) is 0 Å². The van der Waals surface area contributed by atoms with Crippen LogP contribution in [0.2, 0.25) is 5.02 Å². The van der Waals surface area contributed by atoms with Crippen molar-refractivity contribution in [2.75, 3.05) is 20.1 Å². The first-order valence-corrected chi connectivity index (χ1v) is 12.4. The van der Waals surface area contributed by atoms with Crippen molar-refractivity contribution in [2.24, 2.45) is 9.98 Å². The van der Waals surface area contributed by atoms with Gasteiger partial charge in [0, 0.05) is 39.8 Å². The van der Waals surface area contributed by atoms with E-state index in [9.17, 15) is 0 Å². The molecule has 1 aromatic rings. The molecular formula is C30H39ClN5+. The van der Waals surface area contributed by atoms with Crippen LogP contribution in [0.5, 0.6) is 0 Å². The maximum atomic E-state index is 6.70. The van der Waals surface area contributed by atoms with Gasteiger partial charge in [0.2, 0.25) is 0 Å². The minimum atomic E-state index is -0.364. The zero-order chi connectivity index (χ0) is 26.8. The van der Waals surface area contributed by atoms with Gasteiger partial charge in [-0.1, -0.05) is 61.2 Å². The summed E-state index contributed by atoms with van der Waals surface area (Å²) in [6.45, 7) is 23.9. The maximum Gasteiger partial charge on any atom is 0.167 e. The average molecular weight is 505 g/mol. The molecule has 190 valence electrons. The molecule has 36 heavy (non-hydrogen) atoms. The van der Waals surface area contributed by atoms with Crippen LogP contribution >= 0.6 is 11.6 Å². The van der Waals surface area contributed by atoms with Crippen molar-refractivity contribution in [2.45, 2.75) is 40.7 Å². The lowest BCUT2D eigenvalue weighted by molar-refractivity contribution is -0.488. The summed E-state index contributed by atoms with van der Waals surface area (Å²) >= 11 is 6.70. The Hall–Kier alpha value is -3.44. The number of hydrogen-bond acceptors (Lipinski definition) is 4. The van der Waals surface area contributed by atoms with Gasteiger partial charge in [-0.25, -0.2) is 9.57 Å². The van der Waals surface area contributed by atoms with Crippen molar-refractivity contribution in [3.8, 4) is 0 Å². The number of nitrogens with zero attached hydrogens (tertiary/aromatic N) is 3. The van der Waals surface area contributed by atoms with Gasteiger partial charge in [-0.2, -0.15) is 0 Å². The SMILES string of the molecule is C=C(C)/C=C\C(=C)NC1=NC(C)=C(C(=C)NC/C(C=[N+](C)CC)=C/C)C(c2ccc(C)cc2Cl)N=C1. The zero-order valence-corrected chi connectivity index (χ0v) is 23.2. The van der Waals surface area contributed by atoms with Crippen molar-refractivity contribution in [3.05, 3.63) is 106 Å². The highest BCUT2D eigenvalue weighted by molar-refractivity contribution is 6.32. The van der Waals surface area contributed by atoms with Crippen LogP contribution in [0.25, 0.3) is 0 Å². The van der Waals surface area contributed by atoms with Gasteiger partial charge in [-0.05, 0) is 57.9 Å². The van der Waals surface area contributed by atoms with Crippen LogP contribution in [0.4, 0.5) is 0 Å². The fraction of sp³-hybridized carbons (Fsp3) is 0.300. The van der Waals surface area contributed by atoms with Gasteiger partial charge in [0.1, 0.15) is 25.5 Å². The smallest absolute Gasteiger partial charge is 0.167 e. The Kier molecular flexibility index (Phi) is 10.9. The zero-order valence-electron chi connectivity index (χ0n) is 22.5. The minimum Gasteiger partial charge on any atom is -0.381 e. The molecule has 0 radical (unpaired) electrons. The number of halogens is 1. The van der Waals surface area contributed by atoms with Crippen LogP contribution in [0, 0.1) is 6.92 Å². The van der Waals surface area contributed by atoms with Gasteiger partial charge in [0.05, 0.1) is 6.21 Å². The Balaban J connectivity index is 2.46. The molecule has 1 aliphatic heterocycles. The molecule has 2 rings (SSSR count). The topological polar surface area (TPSA) is 51.8 Å². The monoisotopic (exact) mass is 504 g/mol. The Labute approximate surface area is 221 Å². The normalized spacial score (nSPS) is 16.6. The van der Waals surface area contributed by atoms with E-state index in [1.807, 2.05) is 58.0 Å². The van der Waals surface area contributed by atoms with Gasteiger partial charge in [0.25, 0.3) is 0 Å². The van der Waals surface area contributed by atoms with Crippen molar-refractivity contribution < 1.29 is 4.58 Å². The Morgan fingerprint density at radius 1 is 1.19 bits per heavy atom. The lowest BCUT2D eigenvalue weighted by Crippen LogP contribution is -2.22. The summed E-state index contributed by atoms with van der Waals surface area (Å²) in [6.07, 6.45) is 9.71. The van der Waals surface area contributed by atoms with E-state index in [2.05, 4.69) is 61.2 Å². The number of aliphatic imine (C=N–C) groups is 2. The molecule has 0 aliphatic carbocycles. The molecule has 0 spiro atoms. The Morgan fingerprint density at radius 2 is 1.92 bits per heavy atom. The third-order valence-electron chi connectivity index (χ3n) is 5.69. The van der Waals surface area contributed by atoms with Crippen molar-refractivity contribution >= 4 is 29.9 Å². The van der Waals surface area contributed by atoms with Crippen molar-refractivity contribution in [3.63, 3.8) is 0 Å². The molecule has 6 heteroatoms. The van der Waals surface area contributed by atoms with Crippen molar-refractivity contribution in [1.82, 2.24) is 10.6 Å². The number of nitrogens with one attached hydrogen (secondary N) is 2. The van der Waals surface area contributed by atoms with Gasteiger partial charge in [-0.15, -0.1) is 0 Å². The maximum absolute atomic E-state index is 6.70. The van der Waals surface area contributed by atoms with E-state index in [1.165, 1.54) is 0 Å². The fourth-order valence-corrected chi connectivity index (χ4v) is 3.91. The van der Waals surface area contributed by atoms with Crippen LogP contribution < -0.4 is 10.6 Å². The van der Waals surface area contributed by atoms with Crippen LogP contribution in [0.3, 0.4) is 0 Å². The number of benzene rings is 1. The summed E-state index contributed by atoms with van der Waals surface area (Å²) in [5.41, 5.74) is 7.21. The number of amidine groups is 1. The summed E-state index contributed by atoms with van der Waals surface area (Å²) in [5.74, 6) is 0.590. The van der Waals surface area contributed by atoms with Crippen LogP contribution in [0.1, 0.15) is 44.9 Å². The molecule has 1 aromatic carbocycles. The number of hydrogen-bond donors (Lipinski definition) is 2. The second-order valence-electron chi connectivity index (χ2n) is 8.93. The number of rotatable bonds is 10. The molecule has 5 nitrogen and oxygen atoms in total. The van der Waals surface area contributed by atoms with E-state index in [0.717, 1.165) is 45.8 Å². The minimum absolute atomic E-state index is 0.364. The van der Waals surface area contributed by atoms with Gasteiger partial charge in [-0.3, -0.25) is 4.99 Å². The quantitative estimate of drug-likeness (QED) is 0.218. The lowest BCUT2D eigenvalue weighted by Gasteiger charge is -2.22. The summed E-state index contributed by atoms with van der Waals surface area (Å²) < 4.78 is 2.15. The summed E-state index contributed by atoms with van der Waals surface area (Å²) in [5, 5.41) is 7.37. The largest absolute Gasteiger partial charge is 0.381 e. The molecule has 0 bridgehead atoms. The molecule has 0 amide bonds. The number of aryl methyl sites for hydroxylation is 1. The van der Waals surface area contributed by atoms with E-state index in [-0.39, 0.29) is 6.04 Å². The van der Waals surface area contributed by atoms with E-state index in [1.54, 1.807) is 6.21 Å². The molecular weight excluding hydrogens is 466 g/mol. The average Bonchev–Trinajstić information content (AvgIpc) is 2.98. The molecule has 1 aliphatic rings. The highest BCUT2D eigenvalue weighted by Crippen LogP contribution is 2.37. The van der Waals surface area contributed by atoms with E-state index >= 15 is 0 Å². The Bertz CT molecular complexity index is 1210. The lowest BCUT2D eigenvalue weighted by atomic mass is 9.94. The van der Waals surface area contributed by atoms with Gasteiger partial charge in [0.15, 0.2) is 6.21 Å². The molecule has 0 saturated heterocycles. The summed E-state index contributed by atoms with van der Waals surface area (Å²) in [7, 11) is 2.06. The predicted molar refractivity (Wildman–Crippen MR) is 157 cm³/mol. The molecule has 0 aromatic heterocycles. The van der Waals surface area contributed by atoms with Gasteiger partial charge >= 0.3 is 0 Å². The first-order valence-electron chi connectivity index (χ1n) is 12.1. The molecule has 2 N–H and O–H groups in total. The first kappa shape index (κ1) is 28.8. The highest BCUT2D eigenvalue weighted by atomic mass is 35.5. The summed E-state index contributed by atoms with van der Waals surface area (Å²) in [4.78, 5) is 9.72. The first-order chi connectivity index (χ1) is 17.0. The second-order valence-corrected chi connectivity index (χ2v) is 9.34. The molecule has 0 saturated carbocycles. The van der Waals surface area contributed by atoms with Crippen LogP contribution in [0.15, 0.2) is 100.0 Å². The molecule has 1 heterocycles. The second kappa shape index (κ2) is 13.6. The van der Waals surface area contributed by atoms with Crippen molar-refractivity contribution in [1.29, 1.82) is 0 Å². The number of allylic oxidation sites excluding steroid dienone is 5. The van der Waals surface area contributed by atoms with Gasteiger partial charge < -0.3 is 10.6 Å². The summed E-state index contributed by atoms with van der Waals surface area (Å²) in [6, 6.07) is 5.66. The third kappa shape index (κ3) is 8.35. The third-order valence-corrected chi connectivity index (χ3v) is 6.02.